The van der Waals surface area contributed by atoms with Crippen LogP contribution < -0.4 is 0 Å². The van der Waals surface area contributed by atoms with Crippen molar-refractivity contribution < 1.29 is 4.79 Å². The van der Waals surface area contributed by atoms with Crippen molar-refractivity contribution in [1.82, 2.24) is 4.90 Å². The van der Waals surface area contributed by atoms with E-state index in [1.165, 1.54) is 0 Å². The molecule has 1 aliphatic heterocycles. The predicted octanol–water partition coefficient (Wildman–Crippen LogP) is 4.35. The number of halogens is 3. The zero-order valence-corrected chi connectivity index (χ0v) is 13.8. The van der Waals surface area contributed by atoms with Crippen LogP contribution in [0.15, 0.2) is 22.7 Å². The van der Waals surface area contributed by atoms with Gasteiger partial charge in [-0.2, -0.15) is 0 Å². The Labute approximate surface area is 129 Å². The van der Waals surface area contributed by atoms with Crippen LogP contribution in [0.3, 0.4) is 0 Å². The number of carbonyl (C=O) groups is 1. The van der Waals surface area contributed by atoms with Gasteiger partial charge in [-0.25, -0.2) is 0 Å². The van der Waals surface area contributed by atoms with E-state index in [4.69, 9.17) is 11.6 Å². The lowest BCUT2D eigenvalue weighted by atomic mass is 9.98. The van der Waals surface area contributed by atoms with E-state index in [-0.39, 0.29) is 5.91 Å². The SMILES string of the molecule is O=C(c1ccc(Cl)c(Br)c1)N1CCC(CBr)CC1. The van der Waals surface area contributed by atoms with Crippen molar-refractivity contribution in [2.75, 3.05) is 18.4 Å². The molecule has 0 aromatic heterocycles. The fraction of sp³-hybridized carbons (Fsp3) is 0.462. The lowest BCUT2D eigenvalue weighted by molar-refractivity contribution is 0.0699. The molecule has 0 unspecified atom stereocenters. The smallest absolute Gasteiger partial charge is 0.253 e. The van der Waals surface area contributed by atoms with E-state index in [9.17, 15) is 4.79 Å². The molecule has 5 heteroatoms. The molecule has 1 aromatic rings. The third-order valence-electron chi connectivity index (χ3n) is 3.29. The topological polar surface area (TPSA) is 20.3 Å². The zero-order valence-electron chi connectivity index (χ0n) is 9.83. The van der Waals surface area contributed by atoms with E-state index in [2.05, 4.69) is 31.9 Å². The average molecular weight is 396 g/mol. The maximum Gasteiger partial charge on any atom is 0.253 e. The van der Waals surface area contributed by atoms with Gasteiger partial charge in [-0.15, -0.1) is 0 Å². The Morgan fingerprint density at radius 1 is 1.39 bits per heavy atom. The van der Waals surface area contributed by atoms with Gasteiger partial charge in [-0.3, -0.25) is 4.79 Å². The summed E-state index contributed by atoms with van der Waals surface area (Å²) in [5.41, 5.74) is 0.698. The molecular weight excluding hydrogens is 381 g/mol. The molecule has 2 rings (SSSR count). The largest absolute Gasteiger partial charge is 0.339 e. The highest BCUT2D eigenvalue weighted by molar-refractivity contribution is 9.10. The first-order chi connectivity index (χ1) is 8.61. The summed E-state index contributed by atoms with van der Waals surface area (Å²) in [6.45, 7) is 1.69. The lowest BCUT2D eigenvalue weighted by Crippen LogP contribution is -2.38. The number of alkyl halides is 1. The minimum absolute atomic E-state index is 0.0976. The number of benzene rings is 1. The molecule has 1 saturated heterocycles. The fourth-order valence-electron chi connectivity index (χ4n) is 2.10. The third-order valence-corrected chi connectivity index (χ3v) is 5.42. The van der Waals surface area contributed by atoms with E-state index < -0.39 is 0 Å². The van der Waals surface area contributed by atoms with Gasteiger partial charge in [0.05, 0.1) is 5.02 Å². The Kier molecular flexibility index (Phi) is 5.10. The van der Waals surface area contributed by atoms with Gasteiger partial charge in [0.2, 0.25) is 0 Å². The van der Waals surface area contributed by atoms with Crippen LogP contribution in [0, 0.1) is 5.92 Å². The van der Waals surface area contributed by atoms with Gasteiger partial charge in [0.1, 0.15) is 0 Å². The van der Waals surface area contributed by atoms with Crippen LogP contribution in [0.25, 0.3) is 0 Å². The van der Waals surface area contributed by atoms with Gasteiger partial charge in [0, 0.05) is 28.5 Å². The Morgan fingerprint density at radius 3 is 2.61 bits per heavy atom. The molecule has 0 atom stereocenters. The van der Waals surface area contributed by atoms with E-state index >= 15 is 0 Å². The molecule has 0 N–H and O–H groups in total. The molecule has 1 heterocycles. The molecule has 18 heavy (non-hydrogen) atoms. The van der Waals surface area contributed by atoms with Gasteiger partial charge in [0.15, 0.2) is 0 Å². The summed E-state index contributed by atoms with van der Waals surface area (Å²) in [6, 6.07) is 5.33. The molecule has 0 spiro atoms. The summed E-state index contributed by atoms with van der Waals surface area (Å²) in [4.78, 5) is 14.2. The highest BCUT2D eigenvalue weighted by Crippen LogP contribution is 2.25. The van der Waals surface area contributed by atoms with Crippen molar-refractivity contribution >= 4 is 49.4 Å². The summed E-state index contributed by atoms with van der Waals surface area (Å²) < 4.78 is 0.769. The maximum absolute atomic E-state index is 12.3. The Balaban J connectivity index is 2.05. The highest BCUT2D eigenvalue weighted by Gasteiger charge is 2.23. The van der Waals surface area contributed by atoms with Gasteiger partial charge in [-0.1, -0.05) is 27.5 Å². The maximum atomic E-state index is 12.3. The van der Waals surface area contributed by atoms with Crippen molar-refractivity contribution in [3.05, 3.63) is 33.3 Å². The molecule has 98 valence electrons. The molecule has 1 amide bonds. The number of carbonyl (C=O) groups excluding carboxylic acids is 1. The normalized spacial score (nSPS) is 16.9. The summed E-state index contributed by atoms with van der Waals surface area (Å²) in [5, 5.41) is 1.66. The first-order valence-corrected chi connectivity index (χ1v) is 8.21. The number of likely N-dealkylation sites (tertiary alicyclic amines) is 1. The molecule has 0 aliphatic carbocycles. The Bertz CT molecular complexity index is 445. The van der Waals surface area contributed by atoms with Gasteiger partial charge >= 0.3 is 0 Å². The second-order valence-electron chi connectivity index (χ2n) is 4.52. The molecule has 0 radical (unpaired) electrons. The van der Waals surface area contributed by atoms with Crippen LogP contribution >= 0.6 is 43.5 Å². The van der Waals surface area contributed by atoms with E-state index in [0.717, 1.165) is 35.7 Å². The Hall–Kier alpha value is -0.0600. The summed E-state index contributed by atoms with van der Waals surface area (Å²) >= 11 is 12.8. The zero-order chi connectivity index (χ0) is 13.1. The first-order valence-electron chi connectivity index (χ1n) is 5.92. The molecule has 0 saturated carbocycles. The third kappa shape index (κ3) is 3.28. The van der Waals surface area contributed by atoms with Crippen molar-refractivity contribution in [2.45, 2.75) is 12.8 Å². The molecule has 0 bridgehead atoms. The molecular formula is C13H14Br2ClNO. The number of amides is 1. The van der Waals surface area contributed by atoms with Gasteiger partial charge in [-0.05, 0) is 52.9 Å². The first kappa shape index (κ1) is 14.4. The van der Waals surface area contributed by atoms with Gasteiger partial charge in [0.25, 0.3) is 5.91 Å². The number of hydrogen-bond acceptors (Lipinski definition) is 1. The second-order valence-corrected chi connectivity index (χ2v) is 6.43. The minimum Gasteiger partial charge on any atom is -0.339 e. The number of nitrogens with zero attached hydrogens (tertiary/aromatic N) is 1. The van der Waals surface area contributed by atoms with Crippen LogP contribution in [0.2, 0.25) is 5.02 Å². The lowest BCUT2D eigenvalue weighted by Gasteiger charge is -2.31. The quantitative estimate of drug-likeness (QED) is 0.682. The molecule has 2 nitrogen and oxygen atoms in total. The predicted molar refractivity (Wildman–Crippen MR) is 81.6 cm³/mol. The average Bonchev–Trinajstić information content (AvgIpc) is 2.41. The minimum atomic E-state index is 0.0976. The number of rotatable bonds is 2. The fourth-order valence-corrected chi connectivity index (χ4v) is 3.25. The molecule has 1 fully saturated rings. The van der Waals surface area contributed by atoms with Crippen molar-refractivity contribution in [3.63, 3.8) is 0 Å². The highest BCUT2D eigenvalue weighted by atomic mass is 79.9. The van der Waals surface area contributed by atoms with Crippen molar-refractivity contribution in [1.29, 1.82) is 0 Å². The summed E-state index contributed by atoms with van der Waals surface area (Å²) in [7, 11) is 0. The number of piperidine rings is 1. The standard InChI is InChI=1S/C13H14Br2ClNO/c14-8-9-3-5-17(6-4-9)13(18)10-1-2-12(16)11(15)7-10/h1-2,7,9H,3-6,8H2. The van der Waals surface area contributed by atoms with Crippen molar-refractivity contribution in [2.24, 2.45) is 5.92 Å². The Morgan fingerprint density at radius 2 is 2.06 bits per heavy atom. The van der Waals surface area contributed by atoms with Crippen molar-refractivity contribution in [3.8, 4) is 0 Å². The molecule has 1 aliphatic rings. The number of hydrogen-bond donors (Lipinski definition) is 0. The van der Waals surface area contributed by atoms with Crippen LogP contribution in [0.1, 0.15) is 23.2 Å². The van der Waals surface area contributed by atoms with E-state index in [1.807, 2.05) is 4.90 Å². The molecule has 1 aromatic carbocycles. The monoisotopic (exact) mass is 393 g/mol. The van der Waals surface area contributed by atoms with E-state index in [1.54, 1.807) is 18.2 Å². The van der Waals surface area contributed by atoms with Gasteiger partial charge < -0.3 is 4.90 Å². The van der Waals surface area contributed by atoms with Crippen LogP contribution in [-0.2, 0) is 0 Å². The summed E-state index contributed by atoms with van der Waals surface area (Å²) in [5.74, 6) is 0.798. The second kappa shape index (κ2) is 6.40. The van der Waals surface area contributed by atoms with Crippen LogP contribution in [-0.4, -0.2) is 29.2 Å². The van der Waals surface area contributed by atoms with E-state index in [0.29, 0.717) is 16.5 Å². The summed E-state index contributed by atoms with van der Waals surface area (Å²) in [6.07, 6.45) is 2.15. The van der Waals surface area contributed by atoms with Crippen LogP contribution in [0.4, 0.5) is 0 Å². The van der Waals surface area contributed by atoms with Crippen LogP contribution in [0.5, 0.6) is 0 Å².